The summed E-state index contributed by atoms with van der Waals surface area (Å²) in [6.07, 6.45) is 2.93. The molecule has 1 aliphatic heterocycles. The molecule has 0 bridgehead atoms. The summed E-state index contributed by atoms with van der Waals surface area (Å²) in [5, 5.41) is 8.49. The van der Waals surface area contributed by atoms with Crippen LogP contribution >= 0.6 is 11.6 Å². The first-order chi connectivity index (χ1) is 9.58. The van der Waals surface area contributed by atoms with Crippen molar-refractivity contribution in [2.24, 2.45) is 7.05 Å². The Bertz CT molecular complexity index is 638. The van der Waals surface area contributed by atoms with Crippen molar-refractivity contribution in [3.05, 3.63) is 46.2 Å². The third-order valence-corrected chi connectivity index (χ3v) is 4.05. The van der Waals surface area contributed by atoms with E-state index in [2.05, 4.69) is 10.4 Å². The van der Waals surface area contributed by atoms with Gasteiger partial charge in [-0.25, -0.2) is 0 Å². The molecule has 0 saturated heterocycles. The normalized spacial score (nSPS) is 21.4. The SMILES string of the molecule is CNC1CC(c2cn(C)nc2C)Oc2ccc(Cl)cc21. The zero-order valence-corrected chi connectivity index (χ0v) is 12.6. The molecule has 20 heavy (non-hydrogen) atoms. The van der Waals surface area contributed by atoms with Gasteiger partial charge in [-0.3, -0.25) is 4.68 Å². The van der Waals surface area contributed by atoms with Crippen LogP contribution in [-0.2, 0) is 7.05 Å². The molecule has 0 spiro atoms. The minimum absolute atomic E-state index is 0.0230. The van der Waals surface area contributed by atoms with Crippen LogP contribution in [0.1, 0.15) is 35.4 Å². The van der Waals surface area contributed by atoms with E-state index in [1.807, 2.05) is 50.1 Å². The maximum absolute atomic E-state index is 6.15. The van der Waals surface area contributed by atoms with E-state index in [0.29, 0.717) is 0 Å². The third-order valence-electron chi connectivity index (χ3n) is 3.81. The molecule has 2 heterocycles. The van der Waals surface area contributed by atoms with E-state index in [0.717, 1.165) is 34.0 Å². The van der Waals surface area contributed by atoms with E-state index in [1.165, 1.54) is 0 Å². The number of aromatic nitrogens is 2. The van der Waals surface area contributed by atoms with E-state index in [1.54, 1.807) is 0 Å². The molecule has 0 radical (unpaired) electrons. The van der Waals surface area contributed by atoms with E-state index in [9.17, 15) is 0 Å². The molecular weight excluding hydrogens is 274 g/mol. The molecule has 0 amide bonds. The summed E-state index contributed by atoms with van der Waals surface area (Å²) in [5.74, 6) is 0.897. The summed E-state index contributed by atoms with van der Waals surface area (Å²) in [4.78, 5) is 0. The van der Waals surface area contributed by atoms with Gasteiger partial charge in [-0.15, -0.1) is 0 Å². The molecule has 106 valence electrons. The number of nitrogens with zero attached hydrogens (tertiary/aromatic N) is 2. The third kappa shape index (κ3) is 2.30. The number of hydrogen-bond acceptors (Lipinski definition) is 3. The average Bonchev–Trinajstić information content (AvgIpc) is 2.76. The fraction of sp³-hybridized carbons (Fsp3) is 0.400. The Hall–Kier alpha value is -1.52. The lowest BCUT2D eigenvalue weighted by Crippen LogP contribution is -2.26. The molecule has 2 aromatic rings. The molecular formula is C15H18ClN3O. The van der Waals surface area contributed by atoms with E-state index in [4.69, 9.17) is 16.3 Å². The molecule has 0 aliphatic carbocycles. The second kappa shape index (κ2) is 5.11. The highest BCUT2D eigenvalue weighted by Gasteiger charge is 2.30. The summed E-state index contributed by atoms with van der Waals surface area (Å²) >= 11 is 6.08. The number of fused-ring (bicyclic) bond motifs is 1. The summed E-state index contributed by atoms with van der Waals surface area (Å²) in [5.41, 5.74) is 3.29. The van der Waals surface area contributed by atoms with Crippen molar-refractivity contribution < 1.29 is 4.74 Å². The summed E-state index contributed by atoms with van der Waals surface area (Å²) in [6.45, 7) is 2.02. The standard InChI is InChI=1S/C15H18ClN3O/c1-9-12(8-19(3)18-9)15-7-13(17-2)11-6-10(16)4-5-14(11)20-15/h4-6,8,13,15,17H,7H2,1-3H3. The highest BCUT2D eigenvalue weighted by molar-refractivity contribution is 6.30. The van der Waals surface area contributed by atoms with Gasteiger partial charge in [0.2, 0.25) is 0 Å². The van der Waals surface area contributed by atoms with E-state index < -0.39 is 0 Å². The van der Waals surface area contributed by atoms with Gasteiger partial charge in [-0.2, -0.15) is 5.10 Å². The van der Waals surface area contributed by atoms with Crippen LogP contribution in [0.4, 0.5) is 0 Å². The van der Waals surface area contributed by atoms with Crippen LogP contribution in [0.2, 0.25) is 5.02 Å². The smallest absolute Gasteiger partial charge is 0.129 e. The first kappa shape index (κ1) is 13.5. The van der Waals surface area contributed by atoms with Gasteiger partial charge in [-0.05, 0) is 32.2 Å². The van der Waals surface area contributed by atoms with Crippen LogP contribution in [0.3, 0.4) is 0 Å². The van der Waals surface area contributed by atoms with Crippen LogP contribution in [0, 0.1) is 6.92 Å². The monoisotopic (exact) mass is 291 g/mol. The summed E-state index contributed by atoms with van der Waals surface area (Å²) in [7, 11) is 3.90. The fourth-order valence-corrected chi connectivity index (χ4v) is 3.02. The Balaban J connectivity index is 1.98. The van der Waals surface area contributed by atoms with Crippen molar-refractivity contribution in [1.29, 1.82) is 0 Å². The van der Waals surface area contributed by atoms with Crippen molar-refractivity contribution in [3.63, 3.8) is 0 Å². The number of ether oxygens (including phenoxy) is 1. The molecule has 4 nitrogen and oxygen atoms in total. The largest absolute Gasteiger partial charge is 0.485 e. The second-order valence-electron chi connectivity index (χ2n) is 5.21. The molecule has 1 aromatic heterocycles. The zero-order chi connectivity index (χ0) is 14.3. The Morgan fingerprint density at radius 2 is 2.20 bits per heavy atom. The minimum atomic E-state index is 0.0230. The second-order valence-corrected chi connectivity index (χ2v) is 5.65. The maximum Gasteiger partial charge on any atom is 0.129 e. The van der Waals surface area contributed by atoms with Crippen LogP contribution in [0.25, 0.3) is 0 Å². The maximum atomic E-state index is 6.15. The van der Waals surface area contributed by atoms with Gasteiger partial charge in [0.1, 0.15) is 11.9 Å². The molecule has 2 atom stereocenters. The number of halogens is 1. The van der Waals surface area contributed by atoms with Gasteiger partial charge in [0.15, 0.2) is 0 Å². The van der Waals surface area contributed by atoms with Crippen LogP contribution in [0.5, 0.6) is 5.75 Å². The lowest BCUT2D eigenvalue weighted by molar-refractivity contribution is 0.153. The Morgan fingerprint density at radius 3 is 2.85 bits per heavy atom. The van der Waals surface area contributed by atoms with E-state index in [-0.39, 0.29) is 12.1 Å². The van der Waals surface area contributed by atoms with Gasteiger partial charge >= 0.3 is 0 Å². The summed E-state index contributed by atoms with van der Waals surface area (Å²) in [6, 6.07) is 6.03. The van der Waals surface area contributed by atoms with Crippen molar-refractivity contribution in [2.75, 3.05) is 7.05 Å². The van der Waals surface area contributed by atoms with Gasteiger partial charge < -0.3 is 10.1 Å². The first-order valence-electron chi connectivity index (χ1n) is 6.72. The van der Waals surface area contributed by atoms with Crippen LogP contribution < -0.4 is 10.1 Å². The van der Waals surface area contributed by atoms with Crippen molar-refractivity contribution in [1.82, 2.24) is 15.1 Å². The number of benzene rings is 1. The molecule has 1 N–H and O–H groups in total. The highest BCUT2D eigenvalue weighted by atomic mass is 35.5. The van der Waals surface area contributed by atoms with Gasteiger partial charge in [0.25, 0.3) is 0 Å². The molecule has 5 heteroatoms. The minimum Gasteiger partial charge on any atom is -0.485 e. The van der Waals surface area contributed by atoms with Crippen molar-refractivity contribution in [2.45, 2.75) is 25.5 Å². The quantitative estimate of drug-likeness (QED) is 0.924. The molecule has 0 saturated carbocycles. The van der Waals surface area contributed by atoms with Gasteiger partial charge in [0.05, 0.1) is 5.69 Å². The molecule has 0 fully saturated rings. The predicted molar refractivity (Wildman–Crippen MR) is 79.2 cm³/mol. The Morgan fingerprint density at radius 1 is 1.40 bits per heavy atom. The van der Waals surface area contributed by atoms with Crippen LogP contribution in [-0.4, -0.2) is 16.8 Å². The van der Waals surface area contributed by atoms with Gasteiger partial charge in [-0.1, -0.05) is 11.6 Å². The molecule has 3 rings (SSSR count). The topological polar surface area (TPSA) is 39.1 Å². The molecule has 1 aromatic carbocycles. The summed E-state index contributed by atoms with van der Waals surface area (Å²) < 4.78 is 7.98. The van der Waals surface area contributed by atoms with Crippen LogP contribution in [0.15, 0.2) is 24.4 Å². The lowest BCUT2D eigenvalue weighted by Gasteiger charge is -2.32. The van der Waals surface area contributed by atoms with E-state index >= 15 is 0 Å². The average molecular weight is 292 g/mol. The Kier molecular flexibility index (Phi) is 3.44. The van der Waals surface area contributed by atoms with Gasteiger partial charge in [0, 0.05) is 41.9 Å². The molecule has 2 unspecified atom stereocenters. The first-order valence-corrected chi connectivity index (χ1v) is 7.10. The van der Waals surface area contributed by atoms with Crippen molar-refractivity contribution in [3.8, 4) is 5.75 Å². The number of hydrogen-bond donors (Lipinski definition) is 1. The lowest BCUT2D eigenvalue weighted by atomic mass is 9.93. The van der Waals surface area contributed by atoms with Crippen molar-refractivity contribution >= 4 is 11.6 Å². The number of aryl methyl sites for hydroxylation is 2. The zero-order valence-electron chi connectivity index (χ0n) is 11.9. The number of nitrogens with one attached hydrogen (secondary N) is 1. The Labute approximate surface area is 123 Å². The number of rotatable bonds is 2. The highest BCUT2D eigenvalue weighted by Crippen LogP contribution is 2.42. The fourth-order valence-electron chi connectivity index (χ4n) is 2.84. The predicted octanol–water partition coefficient (Wildman–Crippen LogP) is 3.17. The molecule has 1 aliphatic rings.